The van der Waals surface area contributed by atoms with Gasteiger partial charge < -0.3 is 4.74 Å². The average molecular weight is 430 g/mol. The third kappa shape index (κ3) is 4.97. The Hall–Kier alpha value is -1.54. The fourth-order valence-electron chi connectivity index (χ4n) is 1.19. The van der Waals surface area contributed by atoms with Gasteiger partial charge in [0.15, 0.2) is 0 Å². The van der Waals surface area contributed by atoms with E-state index < -0.39 is 50.8 Å². The van der Waals surface area contributed by atoms with Crippen LogP contribution in [0.25, 0.3) is 0 Å². The van der Waals surface area contributed by atoms with Gasteiger partial charge in [0.05, 0.1) is 4.92 Å². The molecule has 0 aliphatic heterocycles. The predicted octanol–water partition coefficient (Wildman–Crippen LogP) is 3.04. The molecule has 1 aromatic carbocycles. The first-order chi connectivity index (χ1) is 10.3. The highest BCUT2D eigenvalue weighted by Crippen LogP contribution is 2.34. The lowest BCUT2D eigenvalue weighted by atomic mass is 10.3. The largest absolute Gasteiger partial charge is 0.523 e. The quantitative estimate of drug-likeness (QED) is 0.226. The lowest BCUT2D eigenvalue weighted by molar-refractivity contribution is -0.389. The Kier molecular flexibility index (Phi) is 5.87. The van der Waals surface area contributed by atoms with E-state index in [1.54, 1.807) is 0 Å². The Morgan fingerprint density at radius 3 is 2.39 bits per heavy atom. The molecule has 23 heavy (non-hydrogen) atoms. The first-order valence-electron chi connectivity index (χ1n) is 5.25. The molecule has 1 atom stereocenters. The van der Waals surface area contributed by atoms with E-state index in [4.69, 9.17) is 0 Å². The van der Waals surface area contributed by atoms with Gasteiger partial charge in [-0.25, -0.2) is 0 Å². The van der Waals surface area contributed by atoms with Gasteiger partial charge in [-0.2, -0.15) is 30.4 Å². The number of ether oxygens (including phenoxy) is 1. The molecular formula is C9H5BrF5NO6S. The molecule has 7 nitrogen and oxygen atoms in total. The summed E-state index contributed by atoms with van der Waals surface area (Å²) in [6.07, 6.45) is -2.85. The van der Waals surface area contributed by atoms with Crippen molar-refractivity contribution in [2.24, 2.45) is 0 Å². The molecule has 14 heteroatoms. The normalized spacial score (nSPS) is 13.7. The number of hydrogen-bond donors (Lipinski definition) is 0. The zero-order valence-corrected chi connectivity index (χ0v) is 12.9. The van der Waals surface area contributed by atoms with Crippen LogP contribution >= 0.6 is 15.9 Å². The Bertz CT molecular complexity index is 709. The highest BCUT2D eigenvalue weighted by atomic mass is 79.9. The predicted molar refractivity (Wildman–Crippen MR) is 67.2 cm³/mol. The van der Waals surface area contributed by atoms with E-state index >= 15 is 0 Å². The summed E-state index contributed by atoms with van der Waals surface area (Å²) in [7, 11) is -6.07. The van der Waals surface area contributed by atoms with Crippen molar-refractivity contribution in [1.29, 1.82) is 0 Å². The fraction of sp³-hybridized carbons (Fsp3) is 0.333. The number of halogens is 6. The minimum Gasteiger partial charge on any atom is -0.450 e. The van der Waals surface area contributed by atoms with Crippen LogP contribution in [0.1, 0.15) is 0 Å². The molecule has 0 radical (unpaired) electrons. The van der Waals surface area contributed by atoms with Gasteiger partial charge in [0.25, 0.3) is 6.36 Å². The van der Waals surface area contributed by atoms with Crippen molar-refractivity contribution in [3.8, 4) is 5.75 Å². The zero-order chi connectivity index (χ0) is 18.0. The zero-order valence-electron chi connectivity index (χ0n) is 10.5. The molecular weight excluding hydrogens is 425 g/mol. The summed E-state index contributed by atoms with van der Waals surface area (Å²) >= 11 is 2.74. The highest BCUT2D eigenvalue weighted by molar-refractivity contribution is 9.10. The highest BCUT2D eigenvalue weighted by Gasteiger charge is 2.47. The number of alkyl halides is 4. The number of nitrogens with zero attached hydrogens (tertiary/aromatic N) is 1. The molecule has 1 rings (SSSR count). The van der Waals surface area contributed by atoms with Gasteiger partial charge in [-0.3, -0.25) is 14.3 Å². The number of nitro groups is 1. The monoisotopic (exact) mass is 429 g/mol. The minimum atomic E-state index is -6.07. The van der Waals surface area contributed by atoms with E-state index in [0.717, 1.165) is 6.07 Å². The Morgan fingerprint density at radius 1 is 1.35 bits per heavy atom. The van der Waals surface area contributed by atoms with Crippen LogP contribution in [0.4, 0.5) is 27.6 Å². The summed E-state index contributed by atoms with van der Waals surface area (Å²) in [5.41, 5.74) is -7.06. The fourth-order valence-corrected chi connectivity index (χ4v) is 2.02. The van der Waals surface area contributed by atoms with Crippen molar-refractivity contribution in [1.82, 2.24) is 0 Å². The second-order valence-electron chi connectivity index (χ2n) is 3.70. The van der Waals surface area contributed by atoms with Gasteiger partial charge in [0, 0.05) is 10.5 Å². The lowest BCUT2D eigenvalue weighted by Gasteiger charge is -2.13. The van der Waals surface area contributed by atoms with Crippen LogP contribution in [-0.2, 0) is 14.3 Å². The van der Waals surface area contributed by atoms with Gasteiger partial charge >= 0.3 is 21.3 Å². The maximum absolute atomic E-state index is 13.4. The smallest absolute Gasteiger partial charge is 0.450 e. The van der Waals surface area contributed by atoms with Gasteiger partial charge in [0.1, 0.15) is 6.61 Å². The van der Waals surface area contributed by atoms with Gasteiger partial charge in [-0.05, 0) is 6.07 Å². The Morgan fingerprint density at radius 2 is 1.91 bits per heavy atom. The molecule has 0 spiro atoms. The summed E-state index contributed by atoms with van der Waals surface area (Å²) in [4.78, 5) is 9.40. The van der Waals surface area contributed by atoms with Crippen molar-refractivity contribution >= 4 is 31.7 Å². The summed E-state index contributed by atoms with van der Waals surface area (Å²) in [5.74, 6) is -2.38. The molecule has 0 N–H and O–H groups in total. The maximum Gasteiger partial charge on any atom is 0.523 e. The molecule has 0 aromatic heterocycles. The number of nitro benzene ring substituents is 1. The van der Waals surface area contributed by atoms with Crippen LogP contribution in [0, 0.1) is 15.9 Å². The maximum atomic E-state index is 13.4. The summed E-state index contributed by atoms with van der Waals surface area (Å²) < 4.78 is 91.3. The van der Waals surface area contributed by atoms with E-state index in [1.165, 1.54) is 0 Å². The van der Waals surface area contributed by atoms with Crippen LogP contribution < -0.4 is 4.74 Å². The van der Waals surface area contributed by atoms with Crippen molar-refractivity contribution in [2.45, 2.75) is 11.9 Å². The van der Waals surface area contributed by atoms with Gasteiger partial charge in [-0.1, -0.05) is 15.9 Å². The average Bonchev–Trinajstić information content (AvgIpc) is 2.33. The standard InChI is InChI=1S/C9H5BrF5NO6S/c10-4-1-5(11)8(16(17)18)6(2-4)22-7(12)3-21-23(19,20)9(13,14)15/h1-2,7H,3H2. The van der Waals surface area contributed by atoms with Crippen LogP contribution in [0.2, 0.25) is 0 Å². The van der Waals surface area contributed by atoms with E-state index in [1.807, 2.05) is 0 Å². The molecule has 0 saturated carbocycles. The van der Waals surface area contributed by atoms with Crippen LogP contribution in [0.5, 0.6) is 5.75 Å². The topological polar surface area (TPSA) is 95.7 Å². The number of hydrogen-bond acceptors (Lipinski definition) is 6. The molecule has 0 aliphatic rings. The molecule has 130 valence electrons. The Labute approximate surface area is 133 Å². The molecule has 1 aromatic rings. The van der Waals surface area contributed by atoms with Gasteiger partial charge in [0.2, 0.25) is 11.6 Å². The van der Waals surface area contributed by atoms with Crippen molar-refractivity contribution in [2.75, 3.05) is 6.61 Å². The van der Waals surface area contributed by atoms with Crippen LogP contribution in [0.3, 0.4) is 0 Å². The molecule has 0 bridgehead atoms. The van der Waals surface area contributed by atoms with Crippen molar-refractivity contribution in [3.05, 3.63) is 32.5 Å². The summed E-state index contributed by atoms with van der Waals surface area (Å²) in [5, 5.41) is 10.7. The molecule has 0 saturated heterocycles. The third-order valence-corrected chi connectivity index (χ3v) is 3.54. The van der Waals surface area contributed by atoms with E-state index in [-0.39, 0.29) is 4.47 Å². The first kappa shape index (κ1) is 19.5. The van der Waals surface area contributed by atoms with E-state index in [0.29, 0.717) is 6.07 Å². The SMILES string of the molecule is O=[N+]([O-])c1c(F)cc(Br)cc1OC(F)COS(=O)(=O)C(F)(F)F. The lowest BCUT2D eigenvalue weighted by Crippen LogP contribution is -2.29. The molecule has 0 heterocycles. The summed E-state index contributed by atoms with van der Waals surface area (Å²) in [6, 6.07) is 1.44. The first-order valence-corrected chi connectivity index (χ1v) is 7.45. The Balaban J connectivity index is 2.91. The molecule has 0 aliphatic carbocycles. The second kappa shape index (κ2) is 6.92. The van der Waals surface area contributed by atoms with Crippen LogP contribution in [0.15, 0.2) is 16.6 Å². The van der Waals surface area contributed by atoms with Crippen molar-refractivity contribution in [3.63, 3.8) is 0 Å². The molecule has 1 unspecified atom stereocenters. The number of rotatable bonds is 6. The van der Waals surface area contributed by atoms with Crippen molar-refractivity contribution < 1.29 is 44.2 Å². The minimum absolute atomic E-state index is 0.0911. The molecule has 0 amide bonds. The molecule has 0 fully saturated rings. The van der Waals surface area contributed by atoms with E-state index in [2.05, 4.69) is 24.8 Å². The number of benzene rings is 1. The van der Waals surface area contributed by atoms with Crippen LogP contribution in [-0.4, -0.2) is 31.8 Å². The third-order valence-electron chi connectivity index (χ3n) is 2.07. The summed E-state index contributed by atoms with van der Waals surface area (Å²) in [6.45, 7) is -1.74. The van der Waals surface area contributed by atoms with E-state index in [9.17, 15) is 40.5 Å². The van der Waals surface area contributed by atoms with Gasteiger partial charge in [-0.15, -0.1) is 0 Å². The second-order valence-corrected chi connectivity index (χ2v) is 6.23.